The van der Waals surface area contributed by atoms with Crippen molar-refractivity contribution in [1.82, 2.24) is 10.2 Å². The van der Waals surface area contributed by atoms with Crippen LogP contribution < -0.4 is 5.32 Å². The van der Waals surface area contributed by atoms with Gasteiger partial charge in [-0.1, -0.05) is 19.8 Å². The molecule has 0 aromatic rings. The first-order chi connectivity index (χ1) is 9.69. The molecule has 1 saturated heterocycles. The Labute approximate surface area is 124 Å². The highest BCUT2D eigenvalue weighted by Crippen LogP contribution is 2.60. The van der Waals surface area contributed by atoms with Gasteiger partial charge in [-0.3, -0.25) is 0 Å². The molecule has 0 radical (unpaired) electrons. The fourth-order valence-corrected chi connectivity index (χ4v) is 4.94. The number of fused-ring (bicyclic) bond motifs is 2. The van der Waals surface area contributed by atoms with Crippen LogP contribution in [-0.4, -0.2) is 49.8 Å². The maximum atomic E-state index is 6.05. The van der Waals surface area contributed by atoms with Crippen molar-refractivity contribution in [1.29, 1.82) is 0 Å². The summed E-state index contributed by atoms with van der Waals surface area (Å²) in [5.41, 5.74) is 0.510. The van der Waals surface area contributed by atoms with Crippen molar-refractivity contribution in [2.24, 2.45) is 11.3 Å². The second-order valence-corrected chi connectivity index (χ2v) is 7.35. The number of rotatable bonds is 6. The van der Waals surface area contributed by atoms with Gasteiger partial charge >= 0.3 is 0 Å². The van der Waals surface area contributed by atoms with Gasteiger partial charge in [0.1, 0.15) is 0 Å². The minimum atomic E-state index is 0.510. The quantitative estimate of drug-likeness (QED) is 0.809. The molecule has 0 bridgehead atoms. The molecule has 116 valence electrons. The van der Waals surface area contributed by atoms with E-state index >= 15 is 0 Å². The van der Waals surface area contributed by atoms with Crippen molar-refractivity contribution in [2.45, 2.75) is 70.6 Å². The van der Waals surface area contributed by atoms with Gasteiger partial charge in [0.05, 0.1) is 6.10 Å². The first-order valence-corrected chi connectivity index (χ1v) is 8.74. The highest BCUT2D eigenvalue weighted by Gasteiger charge is 2.64. The van der Waals surface area contributed by atoms with Crippen molar-refractivity contribution in [2.75, 3.05) is 26.7 Å². The van der Waals surface area contributed by atoms with Crippen LogP contribution in [0, 0.1) is 11.3 Å². The molecule has 4 atom stereocenters. The van der Waals surface area contributed by atoms with Gasteiger partial charge in [-0.25, -0.2) is 0 Å². The number of hydrogen-bond donors (Lipinski definition) is 1. The molecule has 3 rings (SSSR count). The third-order valence-electron chi connectivity index (χ3n) is 6.46. The Morgan fingerprint density at radius 1 is 1.35 bits per heavy atom. The highest BCUT2D eigenvalue weighted by molar-refractivity contribution is 5.16. The Balaban J connectivity index is 1.52. The molecule has 0 aromatic carbocycles. The molecule has 0 aromatic heterocycles. The van der Waals surface area contributed by atoms with Gasteiger partial charge in [-0.15, -0.1) is 0 Å². The van der Waals surface area contributed by atoms with Crippen LogP contribution in [-0.2, 0) is 4.74 Å². The second kappa shape index (κ2) is 5.94. The molecule has 0 unspecified atom stereocenters. The maximum absolute atomic E-state index is 6.05. The zero-order chi connectivity index (χ0) is 14.2. The molecule has 1 aliphatic heterocycles. The van der Waals surface area contributed by atoms with Gasteiger partial charge in [0.15, 0.2) is 0 Å². The van der Waals surface area contributed by atoms with Crippen molar-refractivity contribution in [3.8, 4) is 0 Å². The third-order valence-corrected chi connectivity index (χ3v) is 6.46. The average molecular weight is 280 g/mol. The zero-order valence-corrected chi connectivity index (χ0v) is 13.5. The Bertz CT molecular complexity index is 327. The summed E-state index contributed by atoms with van der Waals surface area (Å²) in [6, 6.07) is 1.43. The summed E-state index contributed by atoms with van der Waals surface area (Å²) in [6.45, 7) is 7.90. The Morgan fingerprint density at radius 3 is 2.80 bits per heavy atom. The van der Waals surface area contributed by atoms with Crippen LogP contribution in [0.1, 0.15) is 52.4 Å². The van der Waals surface area contributed by atoms with Crippen LogP contribution in [0.4, 0.5) is 0 Å². The second-order valence-electron chi connectivity index (χ2n) is 7.35. The van der Waals surface area contributed by atoms with Crippen LogP contribution >= 0.6 is 0 Å². The van der Waals surface area contributed by atoms with Crippen molar-refractivity contribution < 1.29 is 4.74 Å². The first kappa shape index (κ1) is 14.8. The molecule has 20 heavy (non-hydrogen) atoms. The molecule has 3 fully saturated rings. The number of nitrogens with zero attached hydrogens (tertiary/aromatic N) is 1. The van der Waals surface area contributed by atoms with E-state index in [0.29, 0.717) is 17.6 Å². The van der Waals surface area contributed by atoms with Crippen LogP contribution in [0.25, 0.3) is 0 Å². The van der Waals surface area contributed by atoms with Crippen LogP contribution in [0.15, 0.2) is 0 Å². The summed E-state index contributed by atoms with van der Waals surface area (Å²) in [7, 11) is 2.25. The van der Waals surface area contributed by atoms with E-state index in [2.05, 4.69) is 31.1 Å². The molecule has 2 aliphatic carbocycles. The summed E-state index contributed by atoms with van der Waals surface area (Å²) >= 11 is 0. The monoisotopic (exact) mass is 280 g/mol. The van der Waals surface area contributed by atoms with E-state index in [1.165, 1.54) is 45.1 Å². The third kappa shape index (κ3) is 2.32. The molecular formula is C17H32N2O. The lowest BCUT2D eigenvalue weighted by Gasteiger charge is -2.57. The normalized spacial score (nSPS) is 36.3. The lowest BCUT2D eigenvalue weighted by atomic mass is 9.54. The summed E-state index contributed by atoms with van der Waals surface area (Å²) < 4.78 is 6.05. The molecule has 1 spiro atoms. The first-order valence-electron chi connectivity index (χ1n) is 8.74. The minimum Gasteiger partial charge on any atom is -0.377 e. The molecule has 3 nitrogen and oxygen atoms in total. The minimum absolute atomic E-state index is 0.510. The van der Waals surface area contributed by atoms with Crippen molar-refractivity contribution in [3.63, 3.8) is 0 Å². The fraction of sp³-hybridized carbons (Fsp3) is 1.00. The topological polar surface area (TPSA) is 24.5 Å². The Hall–Kier alpha value is -0.120. The standard InChI is InChI=1S/C17H32N2O/c1-4-13(2)19(3)11-10-18-15-14-7-12-20-16(14)17(15)8-5-6-9-17/h13-16,18H,4-12H2,1-3H3/t13-,14+,15+,16+/m0/s1. The fourth-order valence-electron chi connectivity index (χ4n) is 4.94. The smallest absolute Gasteiger partial charge is 0.0690 e. The molecule has 1 heterocycles. The van der Waals surface area contributed by atoms with Crippen molar-refractivity contribution in [3.05, 3.63) is 0 Å². The predicted molar refractivity (Wildman–Crippen MR) is 82.9 cm³/mol. The van der Waals surface area contributed by atoms with E-state index < -0.39 is 0 Å². The van der Waals surface area contributed by atoms with E-state index in [4.69, 9.17) is 4.74 Å². The van der Waals surface area contributed by atoms with Gasteiger partial charge in [0, 0.05) is 43.1 Å². The van der Waals surface area contributed by atoms with Gasteiger partial charge in [-0.05, 0) is 39.7 Å². The maximum Gasteiger partial charge on any atom is 0.0690 e. The molecule has 1 N–H and O–H groups in total. The number of likely N-dealkylation sites (N-methyl/N-ethyl adjacent to an activating group) is 1. The largest absolute Gasteiger partial charge is 0.377 e. The predicted octanol–water partition coefficient (Wildman–Crippen LogP) is 2.65. The summed E-state index contributed by atoms with van der Waals surface area (Å²) in [4.78, 5) is 2.48. The molecule has 3 heteroatoms. The summed E-state index contributed by atoms with van der Waals surface area (Å²) in [6.07, 6.45) is 8.73. The van der Waals surface area contributed by atoms with E-state index in [0.717, 1.165) is 25.1 Å². The van der Waals surface area contributed by atoms with Gasteiger partial charge in [0.2, 0.25) is 0 Å². The molecule has 2 saturated carbocycles. The summed E-state index contributed by atoms with van der Waals surface area (Å²) in [5.74, 6) is 0.807. The van der Waals surface area contributed by atoms with Gasteiger partial charge in [-0.2, -0.15) is 0 Å². The van der Waals surface area contributed by atoms with Crippen molar-refractivity contribution >= 4 is 0 Å². The average Bonchev–Trinajstić information content (AvgIpc) is 3.10. The Morgan fingerprint density at radius 2 is 2.10 bits per heavy atom. The lowest BCUT2D eigenvalue weighted by molar-refractivity contribution is -0.130. The van der Waals surface area contributed by atoms with Crippen LogP contribution in [0.3, 0.4) is 0 Å². The van der Waals surface area contributed by atoms with Gasteiger partial charge < -0.3 is 15.0 Å². The van der Waals surface area contributed by atoms with E-state index in [1.807, 2.05) is 0 Å². The highest BCUT2D eigenvalue weighted by atomic mass is 16.5. The van der Waals surface area contributed by atoms with E-state index in [9.17, 15) is 0 Å². The number of nitrogens with one attached hydrogen (secondary N) is 1. The lowest BCUT2D eigenvalue weighted by Crippen LogP contribution is -2.67. The zero-order valence-electron chi connectivity index (χ0n) is 13.5. The molecule has 3 aliphatic rings. The SMILES string of the molecule is CC[C@H](C)N(C)CCN[C@@H]1[C@H]2CCO[C@H]2C12CCCC2. The molecule has 0 amide bonds. The van der Waals surface area contributed by atoms with E-state index in [1.54, 1.807) is 0 Å². The van der Waals surface area contributed by atoms with Crippen LogP contribution in [0.5, 0.6) is 0 Å². The van der Waals surface area contributed by atoms with E-state index in [-0.39, 0.29) is 0 Å². The number of hydrogen-bond acceptors (Lipinski definition) is 3. The summed E-state index contributed by atoms with van der Waals surface area (Å²) in [5, 5.41) is 3.91. The Kier molecular flexibility index (Phi) is 4.40. The van der Waals surface area contributed by atoms with Gasteiger partial charge in [0.25, 0.3) is 0 Å². The van der Waals surface area contributed by atoms with Crippen LogP contribution in [0.2, 0.25) is 0 Å². The molecular weight excluding hydrogens is 248 g/mol. The number of ether oxygens (including phenoxy) is 1.